The van der Waals surface area contributed by atoms with Gasteiger partial charge in [-0.25, -0.2) is 4.98 Å². The van der Waals surface area contributed by atoms with Crippen LogP contribution < -0.4 is 0 Å². The van der Waals surface area contributed by atoms with Crippen LogP contribution in [0.2, 0.25) is 0 Å². The van der Waals surface area contributed by atoms with E-state index in [1.165, 1.54) is 25.9 Å². The molecule has 1 aromatic heterocycles. The number of likely N-dealkylation sites (tertiary alicyclic amines) is 1. The molecule has 1 aromatic rings. The molecule has 1 N–H and O–H groups in total. The number of hydrogen-bond acceptors (Lipinski definition) is 2. The zero-order valence-corrected chi connectivity index (χ0v) is 8.45. The minimum atomic E-state index is 0.819. The van der Waals surface area contributed by atoms with Gasteiger partial charge in [-0.05, 0) is 25.1 Å². The Morgan fingerprint density at radius 1 is 1.36 bits per heavy atom. The van der Waals surface area contributed by atoms with Gasteiger partial charge in [-0.15, -0.1) is 0 Å². The maximum absolute atomic E-state index is 3.86. The first-order chi connectivity index (χ1) is 6.86. The number of aromatic amines is 1. The molecule has 3 nitrogen and oxygen atoms in total. The fourth-order valence-electron chi connectivity index (χ4n) is 1.31. The lowest BCUT2D eigenvalue weighted by Gasteiger charge is -2.07. The van der Waals surface area contributed by atoms with Crippen LogP contribution in [0.1, 0.15) is 18.7 Å². The third kappa shape index (κ3) is 3.47. The van der Waals surface area contributed by atoms with Gasteiger partial charge in [0.15, 0.2) is 0 Å². The molecule has 0 saturated carbocycles. The van der Waals surface area contributed by atoms with E-state index < -0.39 is 0 Å². The van der Waals surface area contributed by atoms with Gasteiger partial charge < -0.3 is 9.88 Å². The zero-order valence-electron chi connectivity index (χ0n) is 8.45. The topological polar surface area (TPSA) is 31.9 Å². The second-order valence-corrected chi connectivity index (χ2v) is 3.10. The molecule has 14 heavy (non-hydrogen) atoms. The minimum absolute atomic E-state index is 0.819. The van der Waals surface area contributed by atoms with Crippen LogP contribution in [0.5, 0.6) is 0 Å². The highest BCUT2D eigenvalue weighted by atomic mass is 15.1. The van der Waals surface area contributed by atoms with Crippen LogP contribution in [0.15, 0.2) is 31.8 Å². The normalized spacial score (nSPS) is 14.4. The van der Waals surface area contributed by atoms with Crippen molar-refractivity contribution in [2.45, 2.75) is 12.8 Å². The Morgan fingerprint density at radius 3 is 2.36 bits per heavy atom. The summed E-state index contributed by atoms with van der Waals surface area (Å²) in [5.74, 6) is 0.819. The molecule has 76 valence electrons. The summed E-state index contributed by atoms with van der Waals surface area (Å²) in [6, 6.07) is 0. The van der Waals surface area contributed by atoms with Crippen LogP contribution in [0.25, 0.3) is 6.08 Å². The van der Waals surface area contributed by atoms with Crippen molar-refractivity contribution in [3.63, 3.8) is 0 Å². The summed E-state index contributed by atoms with van der Waals surface area (Å²) in [4.78, 5) is 8.97. The maximum atomic E-state index is 3.86. The van der Waals surface area contributed by atoms with Gasteiger partial charge in [-0.1, -0.05) is 13.2 Å². The third-order valence-electron chi connectivity index (χ3n) is 2.11. The highest BCUT2D eigenvalue weighted by molar-refractivity contribution is 5.34. The van der Waals surface area contributed by atoms with E-state index in [1.54, 1.807) is 18.5 Å². The Kier molecular flexibility index (Phi) is 4.55. The molecule has 0 radical (unpaired) electrons. The largest absolute Gasteiger partial charge is 0.378 e. The number of hydrogen-bond donors (Lipinski definition) is 1. The number of nitrogens with one attached hydrogen (secondary N) is 1. The van der Waals surface area contributed by atoms with Gasteiger partial charge in [0.1, 0.15) is 5.82 Å². The summed E-state index contributed by atoms with van der Waals surface area (Å²) < 4.78 is 0. The molecule has 2 rings (SSSR count). The summed E-state index contributed by atoms with van der Waals surface area (Å²) in [6.07, 6.45) is 9.75. The fraction of sp³-hybridized carbons (Fsp3) is 0.364. The lowest BCUT2D eigenvalue weighted by Crippen LogP contribution is -2.08. The van der Waals surface area contributed by atoms with Crippen molar-refractivity contribution in [1.29, 1.82) is 0 Å². The zero-order chi connectivity index (χ0) is 10.2. The Labute approximate surface area is 85.2 Å². The van der Waals surface area contributed by atoms with Gasteiger partial charge in [-0.2, -0.15) is 0 Å². The lowest BCUT2D eigenvalue weighted by atomic mass is 10.4. The van der Waals surface area contributed by atoms with Crippen molar-refractivity contribution < 1.29 is 0 Å². The van der Waals surface area contributed by atoms with E-state index in [-0.39, 0.29) is 0 Å². The highest BCUT2D eigenvalue weighted by Gasteiger charge is 2.04. The number of imidazole rings is 1. The predicted molar refractivity (Wildman–Crippen MR) is 59.7 cm³/mol. The molecule has 1 saturated heterocycles. The van der Waals surface area contributed by atoms with E-state index in [0.29, 0.717) is 0 Å². The van der Waals surface area contributed by atoms with Gasteiger partial charge in [0.05, 0.1) is 0 Å². The fourth-order valence-corrected chi connectivity index (χ4v) is 1.31. The highest BCUT2D eigenvalue weighted by Crippen LogP contribution is 2.05. The van der Waals surface area contributed by atoms with Gasteiger partial charge in [0.25, 0.3) is 0 Å². The van der Waals surface area contributed by atoms with Crippen molar-refractivity contribution >= 4 is 6.08 Å². The molecule has 2 heterocycles. The van der Waals surface area contributed by atoms with Crippen LogP contribution in [-0.4, -0.2) is 28.0 Å². The van der Waals surface area contributed by atoms with Gasteiger partial charge in [0, 0.05) is 25.5 Å². The first kappa shape index (κ1) is 10.6. The molecule has 0 amide bonds. The summed E-state index contributed by atoms with van der Waals surface area (Å²) in [5, 5.41) is 0. The number of rotatable bonds is 2. The van der Waals surface area contributed by atoms with E-state index in [2.05, 4.69) is 28.0 Å². The minimum Gasteiger partial charge on any atom is -0.378 e. The average Bonchev–Trinajstić information content (AvgIpc) is 2.92. The average molecular weight is 191 g/mol. The molecule has 0 atom stereocenters. The molecular weight excluding hydrogens is 174 g/mol. The first-order valence-electron chi connectivity index (χ1n) is 4.85. The van der Waals surface area contributed by atoms with E-state index in [1.807, 2.05) is 6.20 Å². The Bertz CT molecular complexity index is 258. The van der Waals surface area contributed by atoms with Crippen molar-refractivity contribution in [2.75, 3.05) is 13.1 Å². The van der Waals surface area contributed by atoms with Crippen LogP contribution in [0, 0.1) is 0 Å². The monoisotopic (exact) mass is 191 g/mol. The van der Waals surface area contributed by atoms with Gasteiger partial charge >= 0.3 is 0 Å². The van der Waals surface area contributed by atoms with Crippen molar-refractivity contribution in [1.82, 2.24) is 14.9 Å². The first-order valence-corrected chi connectivity index (χ1v) is 4.85. The van der Waals surface area contributed by atoms with E-state index in [4.69, 9.17) is 0 Å². The number of nitrogens with zero attached hydrogens (tertiary/aromatic N) is 2. The van der Waals surface area contributed by atoms with Gasteiger partial charge in [0.2, 0.25) is 0 Å². The van der Waals surface area contributed by atoms with Crippen LogP contribution in [0.4, 0.5) is 0 Å². The molecule has 1 aliphatic heterocycles. The standard InChI is InChI=1S/C6H11N.C5H6N2/c1-2-7-5-3-4-6-7;1-2-5-6-3-4-7-5/h2H,1,3-6H2;2-4H,1H2,(H,6,7). The Morgan fingerprint density at radius 2 is 2.07 bits per heavy atom. The van der Waals surface area contributed by atoms with Crippen molar-refractivity contribution in [3.8, 4) is 0 Å². The molecule has 0 spiro atoms. The van der Waals surface area contributed by atoms with Crippen LogP contribution in [-0.2, 0) is 0 Å². The van der Waals surface area contributed by atoms with E-state index in [9.17, 15) is 0 Å². The van der Waals surface area contributed by atoms with Crippen LogP contribution in [0.3, 0.4) is 0 Å². The Balaban J connectivity index is 0.000000140. The van der Waals surface area contributed by atoms with Crippen LogP contribution >= 0.6 is 0 Å². The second-order valence-electron chi connectivity index (χ2n) is 3.10. The summed E-state index contributed by atoms with van der Waals surface area (Å²) in [6.45, 7) is 9.63. The molecular formula is C11H17N3. The smallest absolute Gasteiger partial charge is 0.129 e. The summed E-state index contributed by atoms with van der Waals surface area (Å²) >= 11 is 0. The van der Waals surface area contributed by atoms with E-state index >= 15 is 0 Å². The molecule has 0 unspecified atom stereocenters. The van der Waals surface area contributed by atoms with Crippen molar-refractivity contribution in [3.05, 3.63) is 37.6 Å². The molecule has 0 aromatic carbocycles. The lowest BCUT2D eigenvalue weighted by molar-refractivity contribution is 0.469. The third-order valence-corrected chi connectivity index (χ3v) is 2.11. The number of aromatic nitrogens is 2. The predicted octanol–water partition coefficient (Wildman–Crippen LogP) is 2.28. The maximum Gasteiger partial charge on any atom is 0.129 e. The van der Waals surface area contributed by atoms with Gasteiger partial charge in [-0.3, -0.25) is 0 Å². The molecule has 3 heteroatoms. The Hall–Kier alpha value is -1.51. The molecule has 1 fully saturated rings. The SMILES string of the molecule is C=CN1CCCC1.C=Cc1ncc[nH]1. The quantitative estimate of drug-likeness (QED) is 0.777. The van der Waals surface area contributed by atoms with Crippen molar-refractivity contribution in [2.24, 2.45) is 0 Å². The molecule has 0 aliphatic carbocycles. The summed E-state index contributed by atoms with van der Waals surface area (Å²) in [5.41, 5.74) is 0. The van der Waals surface area contributed by atoms with E-state index in [0.717, 1.165) is 5.82 Å². The summed E-state index contributed by atoms with van der Waals surface area (Å²) in [7, 11) is 0. The molecule has 1 aliphatic rings. The number of H-pyrrole nitrogens is 1. The second kappa shape index (κ2) is 6.02. The molecule has 0 bridgehead atoms.